The first kappa shape index (κ1) is 32.7. The molecule has 0 radical (unpaired) electrons. The summed E-state index contributed by atoms with van der Waals surface area (Å²) >= 11 is 0. The largest absolute Gasteiger partial charge is 0.228 e. The summed E-state index contributed by atoms with van der Waals surface area (Å²) in [5.41, 5.74) is 17.7. The highest BCUT2D eigenvalue weighted by Gasteiger charge is 2.35. The number of rotatable bonds is 6. The highest BCUT2D eigenvalue weighted by molar-refractivity contribution is 6.06. The van der Waals surface area contributed by atoms with E-state index in [0.29, 0.717) is 5.82 Å². The van der Waals surface area contributed by atoms with Gasteiger partial charge < -0.3 is 0 Å². The highest BCUT2D eigenvalue weighted by atomic mass is 14.9. The molecule has 0 amide bonds. The van der Waals surface area contributed by atoms with E-state index in [2.05, 4.69) is 196 Å². The zero-order valence-corrected chi connectivity index (χ0v) is 30.9. The summed E-state index contributed by atoms with van der Waals surface area (Å²) in [6.07, 6.45) is 0. The van der Waals surface area contributed by atoms with Gasteiger partial charge in [0.05, 0.1) is 11.4 Å². The first-order valence-electron chi connectivity index (χ1n) is 19.0. The third-order valence-electron chi connectivity index (χ3n) is 11.3. The second-order valence-corrected chi connectivity index (χ2v) is 15.0. The highest BCUT2D eigenvalue weighted by Crippen LogP contribution is 2.49. The SMILES string of the molecule is CC1(C)c2ccccc2-c2ccc(-c3ccc(-c4cccc5cccc(-c6ccc(-c7nc(-c8ccccc8)cc(-c8ccccc8)n7)cc6)c45)cc3)cc21. The van der Waals surface area contributed by atoms with Gasteiger partial charge in [-0.1, -0.05) is 196 Å². The molecule has 1 aliphatic carbocycles. The zero-order chi connectivity index (χ0) is 36.9. The zero-order valence-electron chi connectivity index (χ0n) is 30.9. The van der Waals surface area contributed by atoms with E-state index in [9.17, 15) is 0 Å². The third kappa shape index (κ3) is 5.75. The molecule has 0 N–H and O–H groups in total. The Hall–Kier alpha value is -6.90. The molecule has 0 spiro atoms. The molecule has 0 atom stereocenters. The molecule has 260 valence electrons. The summed E-state index contributed by atoms with van der Waals surface area (Å²) in [7, 11) is 0. The van der Waals surface area contributed by atoms with E-state index in [4.69, 9.17) is 9.97 Å². The lowest BCUT2D eigenvalue weighted by Crippen LogP contribution is -2.14. The predicted octanol–water partition coefficient (Wildman–Crippen LogP) is 13.9. The molecule has 0 unspecified atom stereocenters. The first-order valence-corrected chi connectivity index (χ1v) is 19.0. The van der Waals surface area contributed by atoms with Crippen molar-refractivity contribution in [3.63, 3.8) is 0 Å². The molecule has 0 fully saturated rings. The molecule has 0 aliphatic heterocycles. The Bertz CT molecular complexity index is 2790. The average molecular weight is 703 g/mol. The van der Waals surface area contributed by atoms with Crippen LogP contribution in [0.2, 0.25) is 0 Å². The van der Waals surface area contributed by atoms with Gasteiger partial charge in [0.25, 0.3) is 0 Å². The molecule has 0 bridgehead atoms. The lowest BCUT2D eigenvalue weighted by atomic mass is 9.81. The fourth-order valence-corrected chi connectivity index (χ4v) is 8.44. The van der Waals surface area contributed by atoms with Crippen LogP contribution in [0.5, 0.6) is 0 Å². The standard InChI is InChI=1S/C53H38N2/c1-53(2)47-22-10-9-19-45(47)46-32-31-42(33-48(46)53)35-23-25-36(26-24-35)43-20-11-17-40-18-12-21-44(51(40)43)37-27-29-41(30-28-37)52-54-49(38-13-5-3-6-14-38)34-50(55-52)39-15-7-4-8-16-39/h3-34H,1-2H3. The Morgan fingerprint density at radius 2 is 0.800 bits per heavy atom. The van der Waals surface area contributed by atoms with E-state index >= 15 is 0 Å². The van der Waals surface area contributed by atoms with Gasteiger partial charge in [-0.3, -0.25) is 0 Å². The average Bonchev–Trinajstić information content (AvgIpc) is 3.49. The van der Waals surface area contributed by atoms with Gasteiger partial charge in [0.1, 0.15) is 0 Å². The molecule has 2 heteroatoms. The molecule has 0 saturated heterocycles. The Labute approximate surface area is 322 Å². The van der Waals surface area contributed by atoms with E-state index < -0.39 is 0 Å². The smallest absolute Gasteiger partial charge is 0.160 e. The van der Waals surface area contributed by atoms with Crippen molar-refractivity contribution in [1.82, 2.24) is 9.97 Å². The number of hydrogen-bond acceptors (Lipinski definition) is 2. The van der Waals surface area contributed by atoms with Crippen molar-refractivity contribution >= 4 is 10.8 Å². The van der Waals surface area contributed by atoms with Gasteiger partial charge in [0.15, 0.2) is 5.82 Å². The Balaban J connectivity index is 1.00. The van der Waals surface area contributed by atoms with Gasteiger partial charge in [0, 0.05) is 22.1 Å². The minimum absolute atomic E-state index is 0.0240. The second kappa shape index (κ2) is 13.2. The van der Waals surface area contributed by atoms with Gasteiger partial charge in [0.2, 0.25) is 0 Å². The van der Waals surface area contributed by atoms with Gasteiger partial charge in [-0.2, -0.15) is 0 Å². The van der Waals surface area contributed by atoms with Gasteiger partial charge in [-0.05, 0) is 78.5 Å². The summed E-state index contributed by atoms with van der Waals surface area (Å²) in [5.74, 6) is 0.710. The number of aromatic nitrogens is 2. The predicted molar refractivity (Wildman–Crippen MR) is 230 cm³/mol. The Morgan fingerprint density at radius 3 is 1.40 bits per heavy atom. The van der Waals surface area contributed by atoms with Crippen molar-refractivity contribution < 1.29 is 0 Å². The quantitative estimate of drug-likeness (QED) is 0.172. The number of fused-ring (bicyclic) bond motifs is 4. The molecule has 10 rings (SSSR count). The summed E-state index contributed by atoms with van der Waals surface area (Å²) in [6.45, 7) is 4.68. The van der Waals surface area contributed by atoms with Crippen LogP contribution >= 0.6 is 0 Å². The van der Waals surface area contributed by atoms with Crippen LogP contribution in [0.4, 0.5) is 0 Å². The monoisotopic (exact) mass is 702 g/mol. The maximum absolute atomic E-state index is 5.06. The molecule has 55 heavy (non-hydrogen) atoms. The molecule has 0 saturated carbocycles. The van der Waals surface area contributed by atoms with Gasteiger partial charge in [-0.25, -0.2) is 9.97 Å². The molecule has 8 aromatic carbocycles. The lowest BCUT2D eigenvalue weighted by Gasteiger charge is -2.22. The Kier molecular flexibility index (Phi) is 7.85. The number of hydrogen-bond donors (Lipinski definition) is 0. The molecule has 1 aliphatic rings. The molecule has 1 aromatic heterocycles. The van der Waals surface area contributed by atoms with Crippen LogP contribution in [0.1, 0.15) is 25.0 Å². The van der Waals surface area contributed by atoms with E-state index in [1.54, 1.807) is 0 Å². The maximum Gasteiger partial charge on any atom is 0.160 e. The van der Waals surface area contributed by atoms with Crippen LogP contribution in [0, 0.1) is 0 Å². The summed E-state index contributed by atoms with van der Waals surface area (Å²) in [6, 6.07) is 69.6. The summed E-state index contributed by atoms with van der Waals surface area (Å²) in [5, 5.41) is 2.46. The maximum atomic E-state index is 5.06. The molecule has 1 heterocycles. The number of benzene rings is 8. The van der Waals surface area contributed by atoms with Crippen LogP contribution in [0.3, 0.4) is 0 Å². The van der Waals surface area contributed by atoms with Crippen LogP contribution < -0.4 is 0 Å². The first-order chi connectivity index (χ1) is 27.0. The van der Waals surface area contributed by atoms with Crippen molar-refractivity contribution in [1.29, 1.82) is 0 Å². The van der Waals surface area contributed by atoms with E-state index in [-0.39, 0.29) is 5.41 Å². The summed E-state index contributed by atoms with van der Waals surface area (Å²) in [4.78, 5) is 10.1. The molecule has 9 aromatic rings. The minimum atomic E-state index is -0.0240. The normalized spacial score (nSPS) is 12.7. The van der Waals surface area contributed by atoms with Crippen LogP contribution in [-0.4, -0.2) is 9.97 Å². The van der Waals surface area contributed by atoms with Crippen LogP contribution in [-0.2, 0) is 5.41 Å². The van der Waals surface area contributed by atoms with Gasteiger partial charge >= 0.3 is 0 Å². The number of nitrogens with zero attached hydrogens (tertiary/aromatic N) is 2. The Morgan fingerprint density at radius 1 is 0.327 bits per heavy atom. The minimum Gasteiger partial charge on any atom is -0.228 e. The van der Waals surface area contributed by atoms with Crippen molar-refractivity contribution in [2.75, 3.05) is 0 Å². The molecular weight excluding hydrogens is 665 g/mol. The van der Waals surface area contributed by atoms with Crippen molar-refractivity contribution in [2.24, 2.45) is 0 Å². The summed E-state index contributed by atoms with van der Waals surface area (Å²) < 4.78 is 0. The lowest BCUT2D eigenvalue weighted by molar-refractivity contribution is 0.660. The van der Waals surface area contributed by atoms with E-state index in [0.717, 1.165) is 33.6 Å². The third-order valence-corrected chi connectivity index (χ3v) is 11.3. The fourth-order valence-electron chi connectivity index (χ4n) is 8.44. The van der Waals surface area contributed by atoms with E-state index in [1.807, 2.05) is 12.1 Å². The van der Waals surface area contributed by atoms with Gasteiger partial charge in [-0.15, -0.1) is 0 Å². The van der Waals surface area contributed by atoms with Crippen molar-refractivity contribution in [3.05, 3.63) is 205 Å². The van der Waals surface area contributed by atoms with Crippen LogP contribution in [0.25, 0.3) is 89.2 Å². The van der Waals surface area contributed by atoms with Crippen molar-refractivity contribution in [2.45, 2.75) is 19.3 Å². The van der Waals surface area contributed by atoms with Crippen molar-refractivity contribution in [3.8, 4) is 78.4 Å². The van der Waals surface area contributed by atoms with Crippen LogP contribution in [0.15, 0.2) is 194 Å². The topological polar surface area (TPSA) is 25.8 Å². The van der Waals surface area contributed by atoms with E-state index in [1.165, 1.54) is 60.8 Å². The molecule has 2 nitrogen and oxygen atoms in total. The fraction of sp³-hybridized carbons (Fsp3) is 0.0566. The molecular formula is C53H38N2. The second-order valence-electron chi connectivity index (χ2n) is 15.0.